The van der Waals surface area contributed by atoms with Crippen LogP contribution in [0.15, 0.2) is 17.3 Å². The van der Waals surface area contributed by atoms with Gasteiger partial charge in [0.15, 0.2) is 0 Å². The van der Waals surface area contributed by atoms with Crippen molar-refractivity contribution >= 4 is 28.9 Å². The van der Waals surface area contributed by atoms with Crippen molar-refractivity contribution in [3.8, 4) is 0 Å². The Kier molecular flexibility index (Phi) is 47.9. The van der Waals surface area contributed by atoms with E-state index >= 15 is 0 Å². The van der Waals surface area contributed by atoms with Gasteiger partial charge in [-0.15, -0.1) is 0 Å². The van der Waals surface area contributed by atoms with E-state index in [0.717, 1.165) is 43.7 Å². The number of hydrogen-bond donors (Lipinski definition) is 6. The molecule has 0 aromatic carbocycles. The molecular formula is C49H93F2N7O2U. The molecule has 4 unspecified atom stereocenters. The van der Waals surface area contributed by atoms with E-state index in [1.165, 1.54) is 51.0 Å². The van der Waals surface area contributed by atoms with Crippen LogP contribution in [0.2, 0.25) is 0 Å². The molecule has 2 fully saturated rings. The summed E-state index contributed by atoms with van der Waals surface area (Å²) in [5.74, 6) is 1.98. The largest absolute Gasteiger partial charge is 2.00 e. The fourth-order valence-electron chi connectivity index (χ4n) is 5.55. The molecule has 12 heteroatoms. The number of nitrogens with one attached hydrogen (secondary N) is 6. The van der Waals surface area contributed by atoms with Crippen LogP contribution in [0.25, 0.3) is 0 Å². The summed E-state index contributed by atoms with van der Waals surface area (Å²) < 4.78 is 25.7. The molecule has 1 saturated carbocycles. The van der Waals surface area contributed by atoms with Gasteiger partial charge in [0.1, 0.15) is 11.5 Å². The zero-order valence-electron chi connectivity index (χ0n) is 41.7. The molecule has 2 amide bonds. The molecule has 4 atom stereocenters. The fourth-order valence-corrected chi connectivity index (χ4v) is 5.55. The third-order valence-corrected chi connectivity index (χ3v) is 10.5. The van der Waals surface area contributed by atoms with E-state index in [1.54, 1.807) is 13.1 Å². The minimum atomic E-state index is -2.30. The number of H-pyrrole nitrogens is 1. The van der Waals surface area contributed by atoms with Crippen LogP contribution < -0.4 is 10.6 Å². The van der Waals surface area contributed by atoms with Crippen LogP contribution in [0.4, 0.5) is 8.78 Å². The maximum Gasteiger partial charge on any atom is 2.00 e. The predicted octanol–water partition coefficient (Wildman–Crippen LogP) is 14.0. The summed E-state index contributed by atoms with van der Waals surface area (Å²) in [6.07, 6.45) is 13.4. The quantitative estimate of drug-likeness (QED) is 0.0623. The smallest absolute Gasteiger partial charge is 0.356 e. The Morgan fingerprint density at radius 2 is 1.43 bits per heavy atom. The third kappa shape index (κ3) is 36.9. The number of nitrogens with zero attached hydrogens (tertiary/aromatic N) is 1. The maximum atomic E-state index is 12.8. The number of halogens is 2. The first-order valence-electron chi connectivity index (χ1n) is 23.0. The Morgan fingerprint density at radius 1 is 0.918 bits per heavy atom. The van der Waals surface area contributed by atoms with Gasteiger partial charge in [-0.3, -0.25) is 15.0 Å². The van der Waals surface area contributed by atoms with E-state index in [-0.39, 0.29) is 48.6 Å². The molecular weight excluding hydrogens is 995 g/mol. The zero-order valence-corrected chi connectivity index (χ0v) is 45.8. The van der Waals surface area contributed by atoms with Crippen LogP contribution in [-0.2, 0) is 9.59 Å². The molecule has 1 aromatic heterocycles. The molecule has 2 heterocycles. The molecule has 9 nitrogen and oxygen atoms in total. The van der Waals surface area contributed by atoms with Gasteiger partial charge in [-0.25, -0.2) is 13.8 Å². The SMILES string of the molecule is CC.CC(=N)C(=N)C(=O)NC(c1cnc(C)[nH]1)C1CCC(C(F)F)CC1.CC1CCC(=O)NC1.CCC(C)=C(C)C(C)=N.CCCCCC(C)CC.[CH2-]C(C)CC.[CH2-]CC.[U+2]. The van der Waals surface area contributed by atoms with Crippen LogP contribution in [0.5, 0.6) is 0 Å². The van der Waals surface area contributed by atoms with Crippen LogP contribution in [0.3, 0.4) is 0 Å². The number of aromatic amines is 1. The van der Waals surface area contributed by atoms with Crippen molar-refractivity contribution in [1.82, 2.24) is 20.6 Å². The van der Waals surface area contributed by atoms with Crippen molar-refractivity contribution in [1.29, 1.82) is 16.2 Å². The van der Waals surface area contributed by atoms with Crippen LogP contribution >= 0.6 is 0 Å². The summed E-state index contributed by atoms with van der Waals surface area (Å²) in [5.41, 5.74) is 3.34. The van der Waals surface area contributed by atoms with Crippen molar-refractivity contribution in [2.24, 2.45) is 29.6 Å². The topological polar surface area (TPSA) is 158 Å². The minimum Gasteiger partial charge on any atom is -0.356 e. The van der Waals surface area contributed by atoms with Crippen molar-refractivity contribution in [2.75, 3.05) is 6.54 Å². The van der Waals surface area contributed by atoms with E-state index in [2.05, 4.69) is 89.8 Å². The molecule has 1 saturated heterocycles. The number of imidazole rings is 1. The van der Waals surface area contributed by atoms with E-state index < -0.39 is 30.0 Å². The normalized spacial score (nSPS) is 18.2. The average Bonchev–Trinajstić information content (AvgIpc) is 3.67. The predicted molar refractivity (Wildman–Crippen MR) is 256 cm³/mol. The number of allylic oxidation sites excluding steroid dienone is 2. The third-order valence-electron chi connectivity index (χ3n) is 10.5. The number of carbonyl (C=O) groups excluding carboxylic acids is 2. The summed E-state index contributed by atoms with van der Waals surface area (Å²) in [6, 6.07) is -0.419. The number of aromatic nitrogens is 2. The van der Waals surface area contributed by atoms with Crippen molar-refractivity contribution in [2.45, 2.75) is 206 Å². The second kappa shape index (κ2) is 43.1. The van der Waals surface area contributed by atoms with Gasteiger partial charge in [0.05, 0.1) is 23.6 Å². The molecule has 354 valence electrons. The number of piperidine rings is 1. The Labute approximate surface area is 398 Å². The number of unbranched alkanes of at least 4 members (excludes halogenated alkanes) is 2. The van der Waals surface area contributed by atoms with E-state index in [0.29, 0.717) is 54.7 Å². The standard InChI is InChI=1S/C16H23F2N5O.C9H20.C8H15N.C6H11NO.C5H11.C3H7.C2H6.U/c1-8(19)13(20)16(24)23-14(12-7-21-9(2)22-12)10-3-5-11(6-4-10)15(17)18;1-4-6-7-8-9(3)5-2;1-5-6(2)7(3)8(4)9;1-5-2-3-6(8)7-4-5;1-4-5(2)3;1-3-2;1-2;/h7,10-11,14-15,19-20H,3-6H2,1-2H3,(H,21,22)(H,23,24);9H,4-8H2,1-3H3;9H,5H2,1-4H3;5H,2-4H2,1H3,(H,7,8);5H,2,4H2,1,3H3;1,3H2,2H3;1-2H3;/q;;;;2*-1;;+2. The molecule has 1 aromatic rings. The minimum absolute atomic E-state index is 0. The Morgan fingerprint density at radius 3 is 1.74 bits per heavy atom. The molecule has 0 bridgehead atoms. The van der Waals surface area contributed by atoms with Gasteiger partial charge >= 0.3 is 31.1 Å². The first-order valence-corrected chi connectivity index (χ1v) is 23.0. The summed E-state index contributed by atoms with van der Waals surface area (Å²) in [7, 11) is 0. The van der Waals surface area contributed by atoms with Crippen molar-refractivity contribution in [3.63, 3.8) is 0 Å². The molecule has 3 rings (SSSR count). The first-order chi connectivity index (χ1) is 28.2. The summed E-state index contributed by atoms with van der Waals surface area (Å²) in [4.78, 5) is 29.9. The molecule has 61 heavy (non-hydrogen) atoms. The Hall–Kier alpha value is -2.19. The molecule has 1 aliphatic carbocycles. The van der Waals surface area contributed by atoms with Gasteiger partial charge in [-0.05, 0) is 96.5 Å². The fraction of sp³-hybridized carbons (Fsp3) is 0.755. The van der Waals surface area contributed by atoms with E-state index in [9.17, 15) is 18.4 Å². The van der Waals surface area contributed by atoms with Crippen LogP contribution in [0.1, 0.15) is 204 Å². The summed E-state index contributed by atoms with van der Waals surface area (Å²) >= 11 is 0. The number of hydrogen-bond acceptors (Lipinski definition) is 6. The van der Waals surface area contributed by atoms with Crippen LogP contribution in [-0.4, -0.2) is 51.9 Å². The number of amides is 2. The van der Waals surface area contributed by atoms with Gasteiger partial charge in [-0.1, -0.05) is 113 Å². The van der Waals surface area contributed by atoms with Gasteiger partial charge in [0.2, 0.25) is 12.3 Å². The maximum absolute atomic E-state index is 12.8. The monoisotopic (exact) mass is 1090 g/mol. The van der Waals surface area contributed by atoms with E-state index in [1.807, 2.05) is 34.6 Å². The number of rotatable bonds is 14. The number of carbonyl (C=O) groups is 2. The van der Waals surface area contributed by atoms with E-state index in [4.69, 9.17) is 16.2 Å². The molecule has 0 spiro atoms. The molecule has 2 aliphatic rings. The Balaban J connectivity index is -0.000000235. The number of alkyl halides is 2. The van der Waals surface area contributed by atoms with Gasteiger partial charge in [-0.2, -0.15) is 12.3 Å². The number of aryl methyl sites for hydroxylation is 1. The van der Waals surface area contributed by atoms with Gasteiger partial charge in [0.25, 0.3) is 5.91 Å². The second-order valence-electron chi connectivity index (χ2n) is 16.2. The summed E-state index contributed by atoms with van der Waals surface area (Å²) in [5, 5.41) is 27.9. The second-order valence-corrected chi connectivity index (χ2v) is 16.2. The van der Waals surface area contributed by atoms with Crippen molar-refractivity contribution < 1.29 is 49.5 Å². The molecule has 1 aliphatic heterocycles. The van der Waals surface area contributed by atoms with Crippen molar-refractivity contribution in [3.05, 3.63) is 42.7 Å². The first kappa shape index (κ1) is 67.9. The summed E-state index contributed by atoms with van der Waals surface area (Å²) in [6.45, 7) is 38.6. The Bertz CT molecular complexity index is 1300. The van der Waals surface area contributed by atoms with Crippen LogP contribution in [0, 0.1) is 97.7 Å². The molecule has 6 N–H and O–H groups in total. The average molecular weight is 1090 g/mol. The zero-order chi connectivity index (χ0) is 47.4. The molecule has 0 radical (unpaired) electrons. The van der Waals surface area contributed by atoms with Gasteiger partial charge < -0.3 is 40.3 Å². The van der Waals surface area contributed by atoms with Gasteiger partial charge in [0, 0.05) is 24.6 Å².